The molecule has 7 heteroatoms. The molecule has 0 aliphatic rings. The minimum atomic E-state index is -0.487. The standard InChI is InChI=1S/C21H17ClFN3O2/c22-17-12-14(23)10-11-19(17)26-20(27)13-24-18-9-5-4-8-16(18)21(28)25-15-6-2-1-3-7-15/h1-12,24H,13H2,(H,25,28)(H,26,27). The molecule has 28 heavy (non-hydrogen) atoms. The van der Waals surface area contributed by atoms with Crippen molar-refractivity contribution in [2.75, 3.05) is 22.5 Å². The van der Waals surface area contributed by atoms with Gasteiger partial charge in [-0.25, -0.2) is 4.39 Å². The average Bonchev–Trinajstić information content (AvgIpc) is 2.69. The molecule has 0 heterocycles. The second-order valence-electron chi connectivity index (χ2n) is 5.89. The van der Waals surface area contributed by atoms with Gasteiger partial charge in [-0.2, -0.15) is 0 Å². The van der Waals surface area contributed by atoms with Gasteiger partial charge in [0, 0.05) is 11.4 Å². The van der Waals surface area contributed by atoms with Crippen LogP contribution in [0.25, 0.3) is 0 Å². The van der Waals surface area contributed by atoms with E-state index in [2.05, 4.69) is 16.0 Å². The lowest BCUT2D eigenvalue weighted by molar-refractivity contribution is -0.114. The molecule has 0 bridgehead atoms. The van der Waals surface area contributed by atoms with Gasteiger partial charge in [-0.1, -0.05) is 41.9 Å². The van der Waals surface area contributed by atoms with Crippen molar-refractivity contribution in [3.05, 3.63) is 89.2 Å². The Balaban J connectivity index is 1.64. The quantitative estimate of drug-likeness (QED) is 0.560. The normalized spacial score (nSPS) is 10.2. The smallest absolute Gasteiger partial charge is 0.257 e. The summed E-state index contributed by atoms with van der Waals surface area (Å²) in [5.41, 5.74) is 1.89. The third kappa shape index (κ3) is 5.08. The van der Waals surface area contributed by atoms with Crippen molar-refractivity contribution in [2.24, 2.45) is 0 Å². The highest BCUT2D eigenvalue weighted by atomic mass is 35.5. The monoisotopic (exact) mass is 397 g/mol. The van der Waals surface area contributed by atoms with E-state index < -0.39 is 5.82 Å². The minimum Gasteiger partial charge on any atom is -0.376 e. The highest BCUT2D eigenvalue weighted by Gasteiger charge is 2.13. The summed E-state index contributed by atoms with van der Waals surface area (Å²) in [5, 5.41) is 8.45. The third-order valence-corrected chi connectivity index (χ3v) is 4.16. The predicted molar refractivity (Wildman–Crippen MR) is 109 cm³/mol. The maximum atomic E-state index is 13.1. The van der Waals surface area contributed by atoms with E-state index in [-0.39, 0.29) is 23.4 Å². The maximum Gasteiger partial charge on any atom is 0.257 e. The molecular formula is C21H17ClFN3O2. The molecule has 0 radical (unpaired) electrons. The summed E-state index contributed by atoms with van der Waals surface area (Å²) < 4.78 is 13.1. The zero-order valence-electron chi connectivity index (χ0n) is 14.7. The number of hydrogen-bond acceptors (Lipinski definition) is 3. The van der Waals surface area contributed by atoms with Crippen LogP contribution in [-0.4, -0.2) is 18.4 Å². The number of halogens is 2. The highest BCUT2D eigenvalue weighted by Crippen LogP contribution is 2.22. The lowest BCUT2D eigenvalue weighted by Crippen LogP contribution is -2.23. The van der Waals surface area contributed by atoms with E-state index in [1.165, 1.54) is 12.1 Å². The zero-order chi connectivity index (χ0) is 19.9. The summed E-state index contributed by atoms with van der Waals surface area (Å²) >= 11 is 5.91. The molecule has 0 saturated heterocycles. The molecule has 0 unspecified atom stereocenters. The SMILES string of the molecule is O=C(CNc1ccccc1C(=O)Nc1ccccc1)Nc1ccc(F)cc1Cl. The maximum absolute atomic E-state index is 13.1. The number of hydrogen-bond donors (Lipinski definition) is 3. The first-order chi connectivity index (χ1) is 13.5. The van der Waals surface area contributed by atoms with Crippen molar-refractivity contribution in [1.29, 1.82) is 0 Å². The lowest BCUT2D eigenvalue weighted by atomic mass is 10.1. The Kier molecular flexibility index (Phi) is 6.24. The molecule has 5 nitrogen and oxygen atoms in total. The minimum absolute atomic E-state index is 0.0939. The second-order valence-corrected chi connectivity index (χ2v) is 6.30. The first-order valence-corrected chi connectivity index (χ1v) is 8.85. The number of anilines is 3. The van der Waals surface area contributed by atoms with Crippen LogP contribution >= 0.6 is 11.6 Å². The van der Waals surface area contributed by atoms with E-state index in [1.54, 1.807) is 36.4 Å². The van der Waals surface area contributed by atoms with Crippen molar-refractivity contribution in [3.63, 3.8) is 0 Å². The fraction of sp³-hybridized carbons (Fsp3) is 0.0476. The largest absolute Gasteiger partial charge is 0.376 e. The van der Waals surface area contributed by atoms with Crippen LogP contribution in [0.1, 0.15) is 10.4 Å². The molecule has 3 rings (SSSR count). The van der Waals surface area contributed by atoms with E-state index in [0.717, 1.165) is 6.07 Å². The van der Waals surface area contributed by atoms with E-state index in [0.29, 0.717) is 22.6 Å². The Bertz CT molecular complexity index is 996. The molecule has 2 amide bonds. The van der Waals surface area contributed by atoms with Gasteiger partial charge >= 0.3 is 0 Å². The molecule has 3 aromatic carbocycles. The summed E-state index contributed by atoms with van der Waals surface area (Å²) in [6.45, 7) is -0.0939. The van der Waals surface area contributed by atoms with Crippen molar-refractivity contribution in [2.45, 2.75) is 0 Å². The van der Waals surface area contributed by atoms with Crippen molar-refractivity contribution in [1.82, 2.24) is 0 Å². The Labute approximate surface area is 166 Å². The number of benzene rings is 3. The number of nitrogens with one attached hydrogen (secondary N) is 3. The number of rotatable bonds is 6. The van der Waals surface area contributed by atoms with Gasteiger partial charge in [-0.05, 0) is 42.5 Å². The van der Waals surface area contributed by atoms with Gasteiger partial charge in [-0.15, -0.1) is 0 Å². The van der Waals surface area contributed by atoms with Crippen molar-refractivity contribution in [3.8, 4) is 0 Å². The van der Waals surface area contributed by atoms with Gasteiger partial charge in [-0.3, -0.25) is 9.59 Å². The summed E-state index contributed by atoms with van der Waals surface area (Å²) in [6, 6.07) is 19.7. The summed E-state index contributed by atoms with van der Waals surface area (Å²) in [6.07, 6.45) is 0. The molecule has 0 saturated carbocycles. The van der Waals surface area contributed by atoms with E-state index in [1.807, 2.05) is 18.2 Å². The van der Waals surface area contributed by atoms with Crippen LogP contribution < -0.4 is 16.0 Å². The predicted octanol–water partition coefficient (Wildman–Crippen LogP) is 4.78. The van der Waals surface area contributed by atoms with E-state index >= 15 is 0 Å². The van der Waals surface area contributed by atoms with Crippen LogP contribution in [0.4, 0.5) is 21.5 Å². The molecule has 0 aliphatic carbocycles. The third-order valence-electron chi connectivity index (χ3n) is 3.85. The number of amides is 2. The van der Waals surface area contributed by atoms with Gasteiger partial charge in [0.1, 0.15) is 5.82 Å². The average molecular weight is 398 g/mol. The molecule has 0 atom stereocenters. The molecular weight excluding hydrogens is 381 g/mol. The molecule has 142 valence electrons. The summed E-state index contributed by atoms with van der Waals surface area (Å²) in [4.78, 5) is 24.7. The van der Waals surface area contributed by atoms with Gasteiger partial charge in [0.25, 0.3) is 5.91 Å². The molecule has 3 N–H and O–H groups in total. The van der Waals surface area contributed by atoms with Crippen LogP contribution in [0.2, 0.25) is 5.02 Å². The fourth-order valence-corrected chi connectivity index (χ4v) is 2.73. The fourth-order valence-electron chi connectivity index (χ4n) is 2.52. The van der Waals surface area contributed by atoms with Crippen LogP contribution in [0.5, 0.6) is 0 Å². The van der Waals surface area contributed by atoms with Crippen LogP contribution in [0.15, 0.2) is 72.8 Å². The number of carbonyl (C=O) groups is 2. The molecule has 0 spiro atoms. The van der Waals surface area contributed by atoms with Gasteiger partial charge in [0.2, 0.25) is 5.91 Å². The van der Waals surface area contributed by atoms with Crippen LogP contribution in [0, 0.1) is 5.82 Å². The Morgan fingerprint density at radius 3 is 2.32 bits per heavy atom. The van der Waals surface area contributed by atoms with E-state index in [9.17, 15) is 14.0 Å². The Morgan fingerprint density at radius 2 is 1.57 bits per heavy atom. The first-order valence-electron chi connectivity index (χ1n) is 8.47. The van der Waals surface area contributed by atoms with Crippen molar-refractivity contribution >= 4 is 40.5 Å². The zero-order valence-corrected chi connectivity index (χ0v) is 15.5. The molecule has 0 fully saturated rings. The molecule has 0 aliphatic heterocycles. The van der Waals surface area contributed by atoms with Crippen molar-refractivity contribution < 1.29 is 14.0 Å². The Morgan fingerprint density at radius 1 is 0.857 bits per heavy atom. The van der Waals surface area contributed by atoms with Crippen LogP contribution in [-0.2, 0) is 4.79 Å². The van der Waals surface area contributed by atoms with Gasteiger partial charge in [0.05, 0.1) is 22.8 Å². The van der Waals surface area contributed by atoms with Gasteiger partial charge < -0.3 is 16.0 Å². The summed E-state index contributed by atoms with van der Waals surface area (Å²) in [5.74, 6) is -1.16. The van der Waals surface area contributed by atoms with Crippen LogP contribution in [0.3, 0.4) is 0 Å². The molecule has 3 aromatic rings. The van der Waals surface area contributed by atoms with Gasteiger partial charge in [0.15, 0.2) is 0 Å². The Hall–Kier alpha value is -3.38. The van der Waals surface area contributed by atoms with E-state index in [4.69, 9.17) is 11.6 Å². The topological polar surface area (TPSA) is 70.2 Å². The first kappa shape index (κ1) is 19.4. The highest BCUT2D eigenvalue weighted by molar-refractivity contribution is 6.33. The second kappa shape index (κ2) is 9.01. The lowest BCUT2D eigenvalue weighted by Gasteiger charge is -2.13. The number of para-hydroxylation sites is 2. The summed E-state index contributed by atoms with van der Waals surface area (Å²) in [7, 11) is 0. The number of carbonyl (C=O) groups excluding carboxylic acids is 2. The molecule has 0 aromatic heterocycles.